The maximum atomic E-state index is 10.7. The monoisotopic (exact) mass is 252 g/mol. The lowest BCUT2D eigenvalue weighted by molar-refractivity contribution is -0.161. The lowest BCUT2D eigenvalue weighted by Gasteiger charge is -2.48. The van der Waals surface area contributed by atoms with Gasteiger partial charge in [-0.1, -0.05) is 25.7 Å². The summed E-state index contributed by atoms with van der Waals surface area (Å²) in [6, 6.07) is 0. The molecule has 0 bridgehead atoms. The summed E-state index contributed by atoms with van der Waals surface area (Å²) in [5.74, 6) is 1.09. The lowest BCUT2D eigenvalue weighted by atomic mass is 9.69. The van der Waals surface area contributed by atoms with Crippen molar-refractivity contribution < 1.29 is 9.84 Å². The molecule has 18 heavy (non-hydrogen) atoms. The summed E-state index contributed by atoms with van der Waals surface area (Å²) in [7, 11) is 0. The fourth-order valence-electron chi connectivity index (χ4n) is 4.31. The van der Waals surface area contributed by atoms with Gasteiger partial charge in [-0.25, -0.2) is 0 Å². The maximum Gasteiger partial charge on any atom is 0.0686 e. The quantitative estimate of drug-likeness (QED) is 0.760. The van der Waals surface area contributed by atoms with E-state index in [0.717, 1.165) is 19.4 Å². The van der Waals surface area contributed by atoms with Crippen molar-refractivity contribution in [2.45, 2.75) is 82.3 Å². The minimum atomic E-state index is -0.0514. The molecular weight excluding hydrogens is 224 g/mol. The highest BCUT2D eigenvalue weighted by Crippen LogP contribution is 2.46. The molecule has 2 nitrogen and oxygen atoms in total. The third-order valence-corrected chi connectivity index (χ3v) is 5.66. The molecule has 0 amide bonds. The third-order valence-electron chi connectivity index (χ3n) is 5.66. The molecular formula is C16H28O2. The fourth-order valence-corrected chi connectivity index (χ4v) is 4.31. The molecule has 3 fully saturated rings. The molecule has 2 atom stereocenters. The van der Waals surface area contributed by atoms with Crippen molar-refractivity contribution in [2.24, 2.45) is 11.8 Å². The minimum Gasteiger partial charge on any atom is -0.393 e. The molecule has 1 heterocycles. The van der Waals surface area contributed by atoms with E-state index < -0.39 is 0 Å². The Hall–Kier alpha value is -0.0800. The molecule has 2 heteroatoms. The molecule has 0 aromatic carbocycles. The molecule has 1 aliphatic heterocycles. The van der Waals surface area contributed by atoms with Crippen LogP contribution in [0, 0.1) is 11.8 Å². The van der Waals surface area contributed by atoms with Gasteiger partial charge >= 0.3 is 0 Å². The van der Waals surface area contributed by atoms with Gasteiger partial charge in [0.25, 0.3) is 0 Å². The highest BCUT2D eigenvalue weighted by atomic mass is 16.5. The molecule has 0 aromatic heterocycles. The summed E-state index contributed by atoms with van der Waals surface area (Å²) in [5, 5.41) is 10.7. The van der Waals surface area contributed by atoms with Crippen LogP contribution in [0.3, 0.4) is 0 Å². The van der Waals surface area contributed by atoms with Gasteiger partial charge in [0.15, 0.2) is 0 Å². The van der Waals surface area contributed by atoms with Gasteiger partial charge in [0.1, 0.15) is 0 Å². The average Bonchev–Trinajstić information content (AvgIpc) is 2.65. The Labute approximate surface area is 111 Å². The topological polar surface area (TPSA) is 29.5 Å². The normalized spacial score (nSPS) is 34.8. The van der Waals surface area contributed by atoms with Crippen molar-refractivity contribution in [3.05, 3.63) is 0 Å². The standard InChI is InChI=1S/C16H28O2/c17-15(13-6-3-1-2-4-7-13)14-8-11-18-16(12-14)9-5-10-16/h13-15,17H,1-12H2. The molecule has 0 aromatic rings. The van der Waals surface area contributed by atoms with Crippen LogP contribution in [0.4, 0.5) is 0 Å². The summed E-state index contributed by atoms with van der Waals surface area (Å²) in [6.45, 7) is 0.883. The average molecular weight is 252 g/mol. The first-order chi connectivity index (χ1) is 8.79. The smallest absolute Gasteiger partial charge is 0.0686 e. The van der Waals surface area contributed by atoms with Crippen molar-refractivity contribution in [1.82, 2.24) is 0 Å². The molecule has 3 aliphatic rings. The summed E-state index contributed by atoms with van der Waals surface area (Å²) < 4.78 is 5.98. The van der Waals surface area contributed by atoms with Gasteiger partial charge in [0, 0.05) is 6.61 Å². The van der Waals surface area contributed by atoms with E-state index in [1.807, 2.05) is 0 Å². The van der Waals surface area contributed by atoms with Crippen molar-refractivity contribution >= 4 is 0 Å². The highest BCUT2D eigenvalue weighted by molar-refractivity contribution is 4.96. The molecule has 3 rings (SSSR count). The minimum absolute atomic E-state index is 0.0514. The Morgan fingerprint density at radius 3 is 2.22 bits per heavy atom. The molecule has 1 spiro atoms. The van der Waals surface area contributed by atoms with E-state index in [1.54, 1.807) is 0 Å². The second-order valence-corrected chi connectivity index (χ2v) is 6.88. The predicted molar refractivity (Wildman–Crippen MR) is 72.5 cm³/mol. The summed E-state index contributed by atoms with van der Waals surface area (Å²) in [4.78, 5) is 0. The lowest BCUT2D eigenvalue weighted by Crippen LogP contribution is -2.48. The van der Waals surface area contributed by atoms with E-state index in [4.69, 9.17) is 4.74 Å². The molecule has 1 saturated heterocycles. The van der Waals surface area contributed by atoms with Crippen molar-refractivity contribution in [3.63, 3.8) is 0 Å². The van der Waals surface area contributed by atoms with Gasteiger partial charge in [-0.3, -0.25) is 0 Å². The number of hydrogen-bond acceptors (Lipinski definition) is 2. The van der Waals surface area contributed by atoms with Gasteiger partial charge < -0.3 is 9.84 Å². The Morgan fingerprint density at radius 1 is 0.889 bits per heavy atom. The van der Waals surface area contributed by atoms with Crippen molar-refractivity contribution in [3.8, 4) is 0 Å². The van der Waals surface area contributed by atoms with E-state index in [9.17, 15) is 5.11 Å². The van der Waals surface area contributed by atoms with Gasteiger partial charge in [0.2, 0.25) is 0 Å². The maximum absolute atomic E-state index is 10.7. The number of rotatable bonds is 2. The number of aliphatic hydroxyl groups is 1. The first kappa shape index (κ1) is 12.9. The predicted octanol–water partition coefficient (Wildman–Crippen LogP) is 3.67. The first-order valence-corrected chi connectivity index (χ1v) is 8.11. The Kier molecular flexibility index (Phi) is 3.95. The van der Waals surface area contributed by atoms with Crippen LogP contribution in [0.5, 0.6) is 0 Å². The van der Waals surface area contributed by atoms with Crippen LogP contribution in [0.25, 0.3) is 0 Å². The summed E-state index contributed by atoms with van der Waals surface area (Å²) in [6.07, 6.45) is 13.9. The highest BCUT2D eigenvalue weighted by Gasteiger charge is 2.45. The first-order valence-electron chi connectivity index (χ1n) is 8.11. The van der Waals surface area contributed by atoms with Crippen LogP contribution in [-0.4, -0.2) is 23.4 Å². The van der Waals surface area contributed by atoms with Gasteiger partial charge in [-0.2, -0.15) is 0 Å². The van der Waals surface area contributed by atoms with Crippen LogP contribution >= 0.6 is 0 Å². The van der Waals surface area contributed by atoms with E-state index >= 15 is 0 Å². The molecule has 2 saturated carbocycles. The van der Waals surface area contributed by atoms with E-state index in [-0.39, 0.29) is 11.7 Å². The Balaban J connectivity index is 1.58. The second-order valence-electron chi connectivity index (χ2n) is 6.88. The Morgan fingerprint density at radius 2 is 1.61 bits per heavy atom. The van der Waals surface area contributed by atoms with Crippen molar-refractivity contribution in [2.75, 3.05) is 6.61 Å². The summed E-state index contributed by atoms with van der Waals surface area (Å²) >= 11 is 0. The molecule has 104 valence electrons. The van der Waals surface area contributed by atoms with E-state index in [2.05, 4.69) is 0 Å². The van der Waals surface area contributed by atoms with Crippen LogP contribution in [0.1, 0.15) is 70.6 Å². The zero-order chi connectivity index (χ0) is 12.4. The zero-order valence-electron chi connectivity index (χ0n) is 11.6. The molecule has 2 unspecified atom stereocenters. The largest absolute Gasteiger partial charge is 0.393 e. The molecule has 1 N–H and O–H groups in total. The summed E-state index contributed by atoms with van der Waals surface area (Å²) in [5.41, 5.74) is 0.189. The van der Waals surface area contributed by atoms with Crippen LogP contribution in [0.2, 0.25) is 0 Å². The van der Waals surface area contributed by atoms with E-state index in [0.29, 0.717) is 11.8 Å². The van der Waals surface area contributed by atoms with Crippen LogP contribution < -0.4 is 0 Å². The van der Waals surface area contributed by atoms with Gasteiger partial charge in [0.05, 0.1) is 11.7 Å². The number of aliphatic hydroxyl groups excluding tert-OH is 1. The van der Waals surface area contributed by atoms with E-state index in [1.165, 1.54) is 57.8 Å². The molecule has 2 aliphatic carbocycles. The van der Waals surface area contributed by atoms with Crippen LogP contribution in [0.15, 0.2) is 0 Å². The van der Waals surface area contributed by atoms with Crippen molar-refractivity contribution in [1.29, 1.82) is 0 Å². The Bertz CT molecular complexity index is 264. The third kappa shape index (κ3) is 2.60. The van der Waals surface area contributed by atoms with Crippen LogP contribution in [-0.2, 0) is 4.74 Å². The second kappa shape index (κ2) is 5.50. The van der Waals surface area contributed by atoms with Gasteiger partial charge in [-0.05, 0) is 56.8 Å². The zero-order valence-corrected chi connectivity index (χ0v) is 11.6. The molecule has 0 radical (unpaired) electrons. The number of hydrogen-bond donors (Lipinski definition) is 1. The number of ether oxygens (including phenoxy) is 1. The SMILES string of the molecule is OC(C1CCCCCC1)C1CCOC2(CCC2)C1. The fraction of sp³-hybridized carbons (Fsp3) is 1.00. The van der Waals surface area contributed by atoms with Gasteiger partial charge in [-0.15, -0.1) is 0 Å².